The Labute approximate surface area is 222 Å². The zero-order chi connectivity index (χ0) is 26.1. The number of hydrazone groups is 1. The normalized spacial score (nSPS) is 15.0. The molecule has 1 aromatic heterocycles. The highest BCUT2D eigenvalue weighted by Crippen LogP contribution is 2.38. The number of fused-ring (bicyclic) bond motifs is 1. The van der Waals surface area contributed by atoms with E-state index in [1.165, 1.54) is 5.56 Å². The fourth-order valence-electron chi connectivity index (χ4n) is 4.93. The van der Waals surface area contributed by atoms with E-state index in [4.69, 9.17) is 24.5 Å². The van der Waals surface area contributed by atoms with Gasteiger partial charge in [0.2, 0.25) is 5.95 Å². The summed E-state index contributed by atoms with van der Waals surface area (Å²) in [5, 5.41) is 8.08. The van der Waals surface area contributed by atoms with E-state index in [1.807, 2.05) is 53.5 Å². The minimum absolute atomic E-state index is 0.0992. The van der Waals surface area contributed by atoms with Gasteiger partial charge in [-0.1, -0.05) is 66.2 Å². The summed E-state index contributed by atoms with van der Waals surface area (Å²) in [5.74, 6) is 2.16. The van der Waals surface area contributed by atoms with Crippen LogP contribution in [0.3, 0.4) is 0 Å². The zero-order valence-corrected chi connectivity index (χ0v) is 21.6. The lowest BCUT2D eigenvalue weighted by molar-refractivity contribution is 0.413. The van der Waals surface area contributed by atoms with E-state index in [0.717, 1.165) is 50.5 Å². The molecule has 0 fully saturated rings. The molecule has 0 N–H and O–H groups in total. The second-order valence-electron chi connectivity index (χ2n) is 9.38. The van der Waals surface area contributed by atoms with Gasteiger partial charge in [-0.25, -0.2) is 15.0 Å². The van der Waals surface area contributed by atoms with Gasteiger partial charge in [0.1, 0.15) is 11.5 Å². The van der Waals surface area contributed by atoms with Crippen LogP contribution in [0.1, 0.15) is 29.2 Å². The number of ether oxygens (including phenoxy) is 2. The van der Waals surface area contributed by atoms with Crippen LogP contribution in [0.15, 0.2) is 102 Å². The van der Waals surface area contributed by atoms with E-state index in [-0.39, 0.29) is 6.04 Å². The lowest BCUT2D eigenvalue weighted by Gasteiger charge is -2.23. The molecule has 0 saturated heterocycles. The number of aromatic nitrogens is 2. The summed E-state index contributed by atoms with van der Waals surface area (Å²) in [7, 11) is 3.36. The molecule has 6 rings (SSSR count). The standard InChI is InChI=1S/C32H28N4O2/c1-21-15-16-28-27(17-21)31(22-9-5-4-6-10-22)34-32(33-28)36-30(24-12-8-14-26(19-24)38-3)20-29(35-36)23-11-7-13-25(18-23)37-2/h4-19,30H,20H2,1-3H3/t30-/m1/s1. The first-order valence-electron chi connectivity index (χ1n) is 12.6. The summed E-state index contributed by atoms with van der Waals surface area (Å²) in [6.45, 7) is 2.09. The molecule has 0 radical (unpaired) electrons. The predicted octanol–water partition coefficient (Wildman–Crippen LogP) is 6.98. The van der Waals surface area contributed by atoms with E-state index >= 15 is 0 Å². The number of hydrogen-bond acceptors (Lipinski definition) is 6. The maximum Gasteiger partial charge on any atom is 0.247 e. The number of rotatable bonds is 6. The summed E-state index contributed by atoms with van der Waals surface area (Å²) in [5.41, 5.74) is 7.03. The molecule has 2 heterocycles. The van der Waals surface area contributed by atoms with Gasteiger partial charge in [0.05, 0.1) is 37.2 Å². The molecular weight excluding hydrogens is 472 g/mol. The summed E-state index contributed by atoms with van der Waals surface area (Å²) >= 11 is 0. The van der Waals surface area contributed by atoms with Crippen molar-refractivity contribution >= 4 is 22.6 Å². The van der Waals surface area contributed by atoms with Crippen molar-refractivity contribution in [3.63, 3.8) is 0 Å². The quantitative estimate of drug-likeness (QED) is 0.252. The Kier molecular flexibility index (Phi) is 6.22. The first kappa shape index (κ1) is 23.7. The zero-order valence-electron chi connectivity index (χ0n) is 21.6. The third kappa shape index (κ3) is 4.45. The van der Waals surface area contributed by atoms with Crippen molar-refractivity contribution in [3.8, 4) is 22.8 Å². The Morgan fingerprint density at radius 3 is 2.26 bits per heavy atom. The van der Waals surface area contributed by atoms with Gasteiger partial charge in [-0.05, 0) is 48.9 Å². The first-order chi connectivity index (χ1) is 18.6. The molecule has 1 atom stereocenters. The topological polar surface area (TPSA) is 59.8 Å². The summed E-state index contributed by atoms with van der Waals surface area (Å²) < 4.78 is 11.0. The summed E-state index contributed by atoms with van der Waals surface area (Å²) in [6.07, 6.45) is 0.691. The van der Waals surface area contributed by atoms with Crippen LogP contribution < -0.4 is 14.5 Å². The molecule has 38 heavy (non-hydrogen) atoms. The van der Waals surface area contributed by atoms with Gasteiger partial charge in [-0.15, -0.1) is 0 Å². The number of nitrogens with zero attached hydrogens (tertiary/aromatic N) is 4. The molecule has 1 aliphatic heterocycles. The summed E-state index contributed by atoms with van der Waals surface area (Å²) in [6, 6.07) is 32.6. The molecule has 188 valence electrons. The molecule has 0 bridgehead atoms. The van der Waals surface area contributed by atoms with Crippen LogP contribution in [0.4, 0.5) is 5.95 Å². The van der Waals surface area contributed by atoms with Crippen molar-refractivity contribution in [1.82, 2.24) is 9.97 Å². The fraction of sp³-hybridized carbons (Fsp3) is 0.156. The monoisotopic (exact) mass is 500 g/mol. The van der Waals surface area contributed by atoms with Gasteiger partial charge < -0.3 is 9.47 Å². The lowest BCUT2D eigenvalue weighted by atomic mass is 9.98. The molecule has 0 spiro atoms. The Morgan fingerprint density at radius 1 is 0.737 bits per heavy atom. The Hall–Kier alpha value is -4.71. The third-order valence-electron chi connectivity index (χ3n) is 6.88. The van der Waals surface area contributed by atoms with Gasteiger partial charge >= 0.3 is 0 Å². The van der Waals surface area contributed by atoms with Crippen LogP contribution in [-0.2, 0) is 0 Å². The fourth-order valence-corrected chi connectivity index (χ4v) is 4.93. The molecule has 6 nitrogen and oxygen atoms in total. The number of benzene rings is 4. The first-order valence-corrected chi connectivity index (χ1v) is 12.6. The van der Waals surface area contributed by atoms with Crippen LogP contribution >= 0.6 is 0 Å². The van der Waals surface area contributed by atoms with Crippen LogP contribution in [0.25, 0.3) is 22.2 Å². The van der Waals surface area contributed by atoms with Crippen molar-refractivity contribution in [3.05, 3.63) is 114 Å². The van der Waals surface area contributed by atoms with E-state index in [2.05, 4.69) is 55.5 Å². The SMILES string of the molecule is COc1cccc(C2=NN(c3nc(-c4ccccc4)c4cc(C)ccc4n3)[C@@H](c3cccc(OC)c3)C2)c1. The van der Waals surface area contributed by atoms with Gasteiger partial charge in [0, 0.05) is 22.9 Å². The molecule has 0 aliphatic carbocycles. The molecular formula is C32H28N4O2. The van der Waals surface area contributed by atoms with Crippen LogP contribution in [0.5, 0.6) is 11.5 Å². The van der Waals surface area contributed by atoms with Crippen molar-refractivity contribution in [2.45, 2.75) is 19.4 Å². The molecule has 0 amide bonds. The van der Waals surface area contributed by atoms with Gasteiger partial charge in [-0.2, -0.15) is 5.10 Å². The van der Waals surface area contributed by atoms with Crippen LogP contribution in [-0.4, -0.2) is 29.9 Å². The van der Waals surface area contributed by atoms with Crippen molar-refractivity contribution in [2.24, 2.45) is 5.10 Å². The molecule has 4 aromatic carbocycles. The van der Waals surface area contributed by atoms with E-state index < -0.39 is 0 Å². The van der Waals surface area contributed by atoms with Crippen molar-refractivity contribution in [1.29, 1.82) is 0 Å². The van der Waals surface area contributed by atoms with Crippen molar-refractivity contribution in [2.75, 3.05) is 19.2 Å². The molecule has 5 aromatic rings. The average Bonchev–Trinajstić information content (AvgIpc) is 3.43. The lowest BCUT2D eigenvalue weighted by Crippen LogP contribution is -2.21. The highest BCUT2D eigenvalue weighted by Gasteiger charge is 2.32. The second-order valence-corrected chi connectivity index (χ2v) is 9.38. The minimum atomic E-state index is -0.0992. The van der Waals surface area contributed by atoms with Gasteiger partial charge in [0.15, 0.2) is 0 Å². The van der Waals surface area contributed by atoms with E-state index in [9.17, 15) is 0 Å². The van der Waals surface area contributed by atoms with E-state index in [0.29, 0.717) is 12.4 Å². The highest BCUT2D eigenvalue weighted by atomic mass is 16.5. The van der Waals surface area contributed by atoms with Crippen LogP contribution in [0, 0.1) is 6.92 Å². The molecule has 0 unspecified atom stereocenters. The second kappa shape index (κ2) is 9.98. The Balaban J connectivity index is 1.54. The number of hydrogen-bond donors (Lipinski definition) is 0. The number of methoxy groups -OCH3 is 2. The number of anilines is 1. The predicted molar refractivity (Wildman–Crippen MR) is 152 cm³/mol. The Bertz CT molecular complexity index is 1650. The maximum atomic E-state index is 5.54. The molecule has 1 aliphatic rings. The van der Waals surface area contributed by atoms with Crippen molar-refractivity contribution < 1.29 is 9.47 Å². The smallest absolute Gasteiger partial charge is 0.247 e. The highest BCUT2D eigenvalue weighted by molar-refractivity contribution is 6.03. The maximum absolute atomic E-state index is 5.54. The molecule has 0 saturated carbocycles. The van der Waals surface area contributed by atoms with Gasteiger partial charge in [-0.3, -0.25) is 0 Å². The minimum Gasteiger partial charge on any atom is -0.497 e. The Morgan fingerprint density at radius 2 is 1.47 bits per heavy atom. The summed E-state index contributed by atoms with van der Waals surface area (Å²) in [4.78, 5) is 10.1. The third-order valence-corrected chi connectivity index (χ3v) is 6.88. The average molecular weight is 501 g/mol. The van der Waals surface area contributed by atoms with Crippen LogP contribution in [0.2, 0.25) is 0 Å². The largest absolute Gasteiger partial charge is 0.497 e. The number of aryl methyl sites for hydroxylation is 1. The van der Waals surface area contributed by atoms with E-state index in [1.54, 1.807) is 14.2 Å². The molecule has 6 heteroatoms. The van der Waals surface area contributed by atoms with Gasteiger partial charge in [0.25, 0.3) is 0 Å².